The molecule has 5 rings (SSSR count). The minimum atomic E-state index is -0.504. The number of aromatic nitrogens is 1. The van der Waals surface area contributed by atoms with Crippen molar-refractivity contribution < 1.29 is 9.84 Å². The zero-order valence-electron chi connectivity index (χ0n) is 16.1. The molecule has 7 heteroatoms. The average Bonchev–Trinajstić information content (AvgIpc) is 2.72. The molecule has 5 atom stereocenters. The Morgan fingerprint density at radius 1 is 1.43 bits per heavy atom. The first-order chi connectivity index (χ1) is 13.4. The van der Waals surface area contributed by atoms with E-state index in [-0.39, 0.29) is 11.2 Å². The fraction of sp³-hybridized carbons (Fsp3) is 0.429. The summed E-state index contributed by atoms with van der Waals surface area (Å²) in [4.78, 5) is 6.86. The molecule has 3 saturated heterocycles. The number of rotatable bonds is 4. The zero-order valence-corrected chi connectivity index (χ0v) is 16.9. The lowest BCUT2D eigenvalue weighted by Crippen LogP contribution is -2.54. The van der Waals surface area contributed by atoms with Gasteiger partial charge in [-0.3, -0.25) is 9.88 Å². The van der Waals surface area contributed by atoms with Crippen LogP contribution in [0.25, 0.3) is 10.9 Å². The first kappa shape index (κ1) is 20.5. The van der Waals surface area contributed by atoms with Crippen LogP contribution in [0.15, 0.2) is 43.1 Å². The molecule has 2 bridgehead atoms. The molecule has 28 heavy (non-hydrogen) atoms. The van der Waals surface area contributed by atoms with Gasteiger partial charge in [-0.1, -0.05) is 6.08 Å². The Hall–Kier alpha value is -2.22. The number of hydrogen-bond donors (Lipinski definition) is 3. The predicted molar refractivity (Wildman–Crippen MR) is 116 cm³/mol. The van der Waals surface area contributed by atoms with Gasteiger partial charge >= 0.3 is 0 Å². The Morgan fingerprint density at radius 3 is 2.79 bits per heavy atom. The summed E-state index contributed by atoms with van der Waals surface area (Å²) in [6, 6.07) is 7.96. The standard InChI is InChI=1S/C20H24N2O2.CH4N2S/c1-3-13-12-22-9-7-14(13)10-19(22)20(23)16-6-8-21-18-5-4-15(24-2)11-17(16)18;2-1(3)4/h3-6,8,11,13-14,19-20,23H,1,7,9-10,12H2,2H3;(H4,2,3,4)/t13-,14?,19+,20-;/m0./s1. The van der Waals surface area contributed by atoms with Crippen molar-refractivity contribution in [1.82, 2.24) is 9.88 Å². The number of benzene rings is 1. The summed E-state index contributed by atoms with van der Waals surface area (Å²) in [6.45, 7) is 6.07. The minimum Gasteiger partial charge on any atom is -0.497 e. The summed E-state index contributed by atoms with van der Waals surface area (Å²) in [5, 5.41) is 12.1. The number of aliphatic hydroxyl groups excluding tert-OH is 1. The second-order valence-electron chi connectivity index (χ2n) is 7.38. The van der Waals surface area contributed by atoms with Crippen molar-refractivity contribution in [3.05, 3.63) is 48.7 Å². The number of piperidine rings is 3. The fourth-order valence-electron chi connectivity index (χ4n) is 4.44. The number of fused-ring (bicyclic) bond motifs is 4. The number of hydrogen-bond acceptors (Lipinski definition) is 5. The molecule has 0 aliphatic carbocycles. The quantitative estimate of drug-likeness (QED) is 0.535. The summed E-state index contributed by atoms with van der Waals surface area (Å²) in [7, 11) is 1.66. The zero-order chi connectivity index (χ0) is 20.3. The largest absolute Gasteiger partial charge is 0.497 e. The molecule has 0 radical (unpaired) electrons. The third-order valence-electron chi connectivity index (χ3n) is 5.82. The van der Waals surface area contributed by atoms with Crippen LogP contribution < -0.4 is 16.2 Å². The number of thiocarbonyl (C=S) groups is 1. The summed E-state index contributed by atoms with van der Waals surface area (Å²) in [5.41, 5.74) is 11.1. The maximum atomic E-state index is 11.2. The van der Waals surface area contributed by atoms with Gasteiger partial charge in [0.05, 0.1) is 18.7 Å². The molecule has 0 saturated carbocycles. The highest BCUT2D eigenvalue weighted by molar-refractivity contribution is 7.80. The van der Waals surface area contributed by atoms with Crippen molar-refractivity contribution in [2.75, 3.05) is 20.2 Å². The van der Waals surface area contributed by atoms with Crippen molar-refractivity contribution in [3.63, 3.8) is 0 Å². The van der Waals surface area contributed by atoms with Gasteiger partial charge in [-0.2, -0.15) is 0 Å². The lowest BCUT2D eigenvalue weighted by molar-refractivity contribution is -0.0444. The Kier molecular flexibility index (Phi) is 6.49. The molecule has 5 N–H and O–H groups in total. The first-order valence-corrected chi connectivity index (χ1v) is 9.87. The van der Waals surface area contributed by atoms with Crippen LogP contribution in [-0.4, -0.2) is 46.3 Å². The smallest absolute Gasteiger partial charge is 0.160 e. The molecule has 3 fully saturated rings. The van der Waals surface area contributed by atoms with E-state index in [2.05, 4.69) is 46.2 Å². The molecule has 1 aromatic carbocycles. The third-order valence-corrected chi connectivity index (χ3v) is 5.82. The van der Waals surface area contributed by atoms with E-state index in [1.807, 2.05) is 24.3 Å². The van der Waals surface area contributed by atoms with Crippen LogP contribution in [0.1, 0.15) is 24.5 Å². The number of methoxy groups -OCH3 is 1. The van der Waals surface area contributed by atoms with Crippen LogP contribution in [0.5, 0.6) is 5.75 Å². The van der Waals surface area contributed by atoms with Gasteiger partial charge < -0.3 is 21.3 Å². The van der Waals surface area contributed by atoms with Crippen LogP contribution in [0.2, 0.25) is 0 Å². The SMILES string of the molecule is C=C[C@H]1CN2CCC1C[C@@H]2[C@@H](O)c1ccnc2ccc(OC)cc12.NC(N)=S. The molecule has 150 valence electrons. The maximum Gasteiger partial charge on any atom is 0.160 e. The van der Waals surface area contributed by atoms with Gasteiger partial charge in [-0.25, -0.2) is 0 Å². The van der Waals surface area contributed by atoms with E-state index >= 15 is 0 Å². The van der Waals surface area contributed by atoms with E-state index < -0.39 is 6.10 Å². The van der Waals surface area contributed by atoms with Crippen molar-refractivity contribution in [1.29, 1.82) is 0 Å². The van der Waals surface area contributed by atoms with Gasteiger partial charge in [0.2, 0.25) is 0 Å². The van der Waals surface area contributed by atoms with Gasteiger partial charge in [-0.05, 0) is 73.3 Å². The molecular weight excluding hydrogens is 372 g/mol. The van der Waals surface area contributed by atoms with Crippen LogP contribution in [-0.2, 0) is 0 Å². The fourth-order valence-corrected chi connectivity index (χ4v) is 4.44. The van der Waals surface area contributed by atoms with E-state index in [0.29, 0.717) is 11.8 Å². The Morgan fingerprint density at radius 2 is 2.18 bits per heavy atom. The van der Waals surface area contributed by atoms with E-state index in [1.165, 1.54) is 6.42 Å². The topological polar surface area (TPSA) is 97.6 Å². The van der Waals surface area contributed by atoms with Crippen molar-refractivity contribution in [3.8, 4) is 5.75 Å². The molecule has 0 amide bonds. The highest BCUT2D eigenvalue weighted by Crippen LogP contribution is 2.42. The summed E-state index contributed by atoms with van der Waals surface area (Å²) >= 11 is 4.09. The lowest BCUT2D eigenvalue weighted by atomic mass is 9.73. The van der Waals surface area contributed by atoms with Crippen molar-refractivity contribution in [2.24, 2.45) is 23.3 Å². The van der Waals surface area contributed by atoms with Gasteiger partial charge in [-0.15, -0.1) is 6.58 Å². The number of pyridine rings is 1. The van der Waals surface area contributed by atoms with E-state index in [9.17, 15) is 5.11 Å². The predicted octanol–water partition coefficient (Wildman–Crippen LogP) is 2.36. The summed E-state index contributed by atoms with van der Waals surface area (Å²) in [6.07, 6.45) is 5.62. The van der Waals surface area contributed by atoms with Gasteiger partial charge in [0.25, 0.3) is 0 Å². The minimum absolute atomic E-state index is 0.000000000000000222. The average molecular weight is 401 g/mol. The van der Waals surface area contributed by atoms with Crippen LogP contribution in [0.4, 0.5) is 0 Å². The molecule has 1 aromatic heterocycles. The van der Waals surface area contributed by atoms with E-state index in [4.69, 9.17) is 4.74 Å². The monoisotopic (exact) mass is 400 g/mol. The Bertz CT molecular complexity index is 855. The summed E-state index contributed by atoms with van der Waals surface area (Å²) < 4.78 is 5.35. The molecular formula is C21H28N4O2S. The third kappa shape index (κ3) is 4.27. The number of aliphatic hydroxyl groups is 1. The maximum absolute atomic E-state index is 11.2. The van der Waals surface area contributed by atoms with Crippen molar-refractivity contribution in [2.45, 2.75) is 25.0 Å². The second kappa shape index (κ2) is 8.86. The lowest BCUT2D eigenvalue weighted by Gasteiger charge is -2.50. The second-order valence-corrected chi connectivity index (χ2v) is 7.85. The number of nitrogens with zero attached hydrogens (tertiary/aromatic N) is 2. The molecule has 4 heterocycles. The first-order valence-electron chi connectivity index (χ1n) is 9.46. The normalized spacial score (nSPS) is 26.8. The van der Waals surface area contributed by atoms with Crippen LogP contribution >= 0.6 is 12.2 Å². The molecule has 6 nitrogen and oxygen atoms in total. The number of ether oxygens (including phenoxy) is 1. The van der Waals surface area contributed by atoms with E-state index in [1.54, 1.807) is 13.3 Å². The molecule has 3 aliphatic heterocycles. The van der Waals surface area contributed by atoms with Crippen LogP contribution in [0, 0.1) is 11.8 Å². The molecule has 0 spiro atoms. The highest BCUT2D eigenvalue weighted by Gasteiger charge is 2.42. The number of nitrogens with two attached hydrogens (primary N) is 2. The van der Waals surface area contributed by atoms with E-state index in [0.717, 1.165) is 41.7 Å². The van der Waals surface area contributed by atoms with Gasteiger partial charge in [0.1, 0.15) is 5.75 Å². The van der Waals surface area contributed by atoms with Gasteiger partial charge in [0.15, 0.2) is 5.11 Å². The highest BCUT2D eigenvalue weighted by atomic mass is 32.1. The Balaban J connectivity index is 0.000000516. The van der Waals surface area contributed by atoms with Crippen LogP contribution in [0.3, 0.4) is 0 Å². The molecule has 3 aliphatic rings. The summed E-state index contributed by atoms with van der Waals surface area (Å²) in [5.74, 6) is 2.01. The molecule has 2 aromatic rings. The molecule has 2 unspecified atom stereocenters. The van der Waals surface area contributed by atoms with Crippen molar-refractivity contribution >= 4 is 28.2 Å². The Labute approximate surface area is 171 Å². The van der Waals surface area contributed by atoms with Gasteiger partial charge in [0, 0.05) is 24.2 Å².